The highest BCUT2D eigenvalue weighted by Gasteiger charge is 2.32. The molecule has 12 heteroatoms. The lowest BCUT2D eigenvalue weighted by Gasteiger charge is -2.26. The van der Waals surface area contributed by atoms with Crippen molar-refractivity contribution in [2.45, 2.75) is 76.7 Å². The Bertz CT molecular complexity index is 1450. The number of halogens is 1. The maximum Gasteiger partial charge on any atom is 0.229 e. The molecule has 2 aromatic heterocycles. The number of rotatable bonds is 10. The van der Waals surface area contributed by atoms with Crippen LogP contribution in [0.5, 0.6) is 5.75 Å². The van der Waals surface area contributed by atoms with Crippen LogP contribution in [0.25, 0.3) is 0 Å². The molecule has 10 nitrogen and oxygen atoms in total. The zero-order valence-electron chi connectivity index (χ0n) is 24.2. The zero-order chi connectivity index (χ0) is 29.2. The number of nitrogens with zero attached hydrogens (tertiary/aromatic N) is 4. The number of nitrogens with one attached hydrogen (secondary N) is 3. The molecule has 3 heterocycles. The monoisotopic (exact) mass is 589 g/mol. The number of ether oxygens (including phenoxy) is 1. The first kappa shape index (κ1) is 30.1. The third kappa shape index (κ3) is 6.70. The molecule has 1 aliphatic heterocycles. The van der Waals surface area contributed by atoms with Gasteiger partial charge in [0.25, 0.3) is 0 Å². The molecule has 0 spiro atoms. The van der Waals surface area contributed by atoms with Crippen molar-refractivity contribution in [2.75, 3.05) is 23.7 Å². The van der Waals surface area contributed by atoms with Crippen LogP contribution >= 0.6 is 11.6 Å². The van der Waals surface area contributed by atoms with Crippen molar-refractivity contribution < 1.29 is 13.2 Å². The van der Waals surface area contributed by atoms with Gasteiger partial charge in [-0.15, -0.1) is 0 Å². The van der Waals surface area contributed by atoms with Crippen LogP contribution in [0.1, 0.15) is 64.5 Å². The number of aryl methyl sites for hydroxylation is 2. The van der Waals surface area contributed by atoms with Gasteiger partial charge in [0.2, 0.25) is 20.8 Å². The zero-order valence-corrected chi connectivity index (χ0v) is 25.8. The van der Waals surface area contributed by atoms with E-state index in [0.29, 0.717) is 17.6 Å². The highest BCUT2D eigenvalue weighted by atomic mass is 35.5. The molecule has 1 aromatic carbocycles. The van der Waals surface area contributed by atoms with E-state index in [1.807, 2.05) is 27.7 Å². The fourth-order valence-corrected chi connectivity index (χ4v) is 6.65. The Balaban J connectivity index is 1.66. The number of anilines is 4. The number of aromatic nitrogens is 4. The molecule has 4 rings (SSSR count). The highest BCUT2D eigenvalue weighted by Crippen LogP contribution is 2.38. The van der Waals surface area contributed by atoms with E-state index in [1.54, 1.807) is 20.2 Å². The molecule has 0 bridgehead atoms. The minimum absolute atomic E-state index is 0.0216. The number of hydrogen-bond acceptors (Lipinski definition) is 9. The normalized spacial score (nSPS) is 15.4. The van der Waals surface area contributed by atoms with Crippen molar-refractivity contribution in [2.24, 2.45) is 13.0 Å². The van der Waals surface area contributed by atoms with Crippen molar-refractivity contribution in [3.05, 3.63) is 40.7 Å². The lowest BCUT2D eigenvalue weighted by Crippen LogP contribution is -2.27. The van der Waals surface area contributed by atoms with Crippen LogP contribution in [0, 0.1) is 12.8 Å². The van der Waals surface area contributed by atoms with Crippen molar-refractivity contribution in [1.82, 2.24) is 25.1 Å². The molecular formula is C28H40ClN7O3S. The largest absolute Gasteiger partial charge is 0.489 e. The van der Waals surface area contributed by atoms with E-state index in [1.165, 1.54) is 22.0 Å². The Kier molecular flexibility index (Phi) is 9.26. The fraction of sp³-hybridized carbons (Fsp3) is 0.536. The highest BCUT2D eigenvalue weighted by molar-refractivity contribution is 7.92. The van der Waals surface area contributed by atoms with Gasteiger partial charge < -0.3 is 20.7 Å². The van der Waals surface area contributed by atoms with E-state index in [-0.39, 0.29) is 27.9 Å². The van der Waals surface area contributed by atoms with Gasteiger partial charge in [-0.25, -0.2) is 13.4 Å². The van der Waals surface area contributed by atoms with Crippen LogP contribution < -0.4 is 20.7 Å². The van der Waals surface area contributed by atoms with Gasteiger partial charge in [0.1, 0.15) is 10.8 Å². The van der Waals surface area contributed by atoms with E-state index >= 15 is 0 Å². The quantitative estimate of drug-likeness (QED) is 0.272. The summed E-state index contributed by atoms with van der Waals surface area (Å²) in [5.74, 6) is 1.68. The molecule has 0 amide bonds. The summed E-state index contributed by atoms with van der Waals surface area (Å²) in [6, 6.07) is 4.20. The average molecular weight is 590 g/mol. The third-order valence-corrected chi connectivity index (χ3v) is 9.89. The van der Waals surface area contributed by atoms with Crippen molar-refractivity contribution in [1.29, 1.82) is 0 Å². The summed E-state index contributed by atoms with van der Waals surface area (Å²) >= 11 is 6.45. The van der Waals surface area contributed by atoms with E-state index < -0.39 is 15.1 Å². The number of hydrogen-bond donors (Lipinski definition) is 3. The minimum Gasteiger partial charge on any atom is -0.489 e. The summed E-state index contributed by atoms with van der Waals surface area (Å²) in [5.41, 5.74) is 3.51. The smallest absolute Gasteiger partial charge is 0.229 e. The Morgan fingerprint density at radius 2 is 1.80 bits per heavy atom. The van der Waals surface area contributed by atoms with Crippen molar-refractivity contribution >= 4 is 44.6 Å². The summed E-state index contributed by atoms with van der Waals surface area (Å²) < 4.78 is 34.2. The molecule has 0 saturated carbocycles. The summed E-state index contributed by atoms with van der Waals surface area (Å²) in [4.78, 5) is 8.95. The van der Waals surface area contributed by atoms with Crippen molar-refractivity contribution in [3.63, 3.8) is 0 Å². The number of sulfone groups is 1. The Hall–Kier alpha value is -2.89. The topological polar surface area (TPSA) is 123 Å². The van der Waals surface area contributed by atoms with Gasteiger partial charge in [-0.3, -0.25) is 4.68 Å². The van der Waals surface area contributed by atoms with Gasteiger partial charge in [0, 0.05) is 13.2 Å². The molecule has 0 radical (unpaired) electrons. The third-order valence-electron chi connectivity index (χ3n) is 7.25. The molecule has 40 heavy (non-hydrogen) atoms. The molecule has 0 aliphatic carbocycles. The minimum atomic E-state index is -3.69. The standard InChI is InChI=1S/C28H40ClN7O3S/c1-16(2)19(6)40(37,38)27-24(15-36(7)35-27)32-26-22(29)14-31-28(34-26)33-23-12-18(5)21(13-25(23)39-17(3)4)20-8-10-30-11-9-20/h12-17,19-20,30H,8-11H2,1-7H3,(H2,31,32,33,34). The van der Waals surface area contributed by atoms with E-state index in [2.05, 4.69) is 50.1 Å². The van der Waals surface area contributed by atoms with Gasteiger partial charge >= 0.3 is 0 Å². The fourth-order valence-electron chi connectivity index (χ4n) is 4.79. The van der Waals surface area contributed by atoms with E-state index in [0.717, 1.165) is 37.4 Å². The maximum atomic E-state index is 13.3. The van der Waals surface area contributed by atoms with Gasteiger partial charge in [-0.1, -0.05) is 25.4 Å². The van der Waals surface area contributed by atoms with Crippen LogP contribution in [0.4, 0.5) is 23.1 Å². The van der Waals surface area contributed by atoms with Gasteiger partial charge in [-0.2, -0.15) is 10.1 Å². The molecule has 3 N–H and O–H groups in total. The first-order valence-electron chi connectivity index (χ1n) is 13.7. The summed E-state index contributed by atoms with van der Waals surface area (Å²) in [6.45, 7) is 13.5. The average Bonchev–Trinajstić information content (AvgIpc) is 3.28. The second-order valence-corrected chi connectivity index (χ2v) is 13.7. The second-order valence-electron chi connectivity index (χ2n) is 11.1. The van der Waals surface area contributed by atoms with Crippen LogP contribution in [0.3, 0.4) is 0 Å². The van der Waals surface area contributed by atoms with Crippen LogP contribution in [-0.2, 0) is 16.9 Å². The molecule has 3 aromatic rings. The second kappa shape index (κ2) is 12.3. The molecule has 218 valence electrons. The molecular weight excluding hydrogens is 550 g/mol. The predicted molar refractivity (Wildman–Crippen MR) is 160 cm³/mol. The van der Waals surface area contributed by atoms with Gasteiger partial charge in [0.15, 0.2) is 5.82 Å². The molecule has 1 saturated heterocycles. The van der Waals surface area contributed by atoms with Gasteiger partial charge in [0.05, 0.1) is 28.9 Å². The molecule has 1 aliphatic rings. The predicted octanol–water partition coefficient (Wildman–Crippen LogP) is 5.73. The SMILES string of the molecule is Cc1cc(Nc2ncc(Cl)c(Nc3cn(C)nc3S(=O)(=O)C(C)C(C)C)n2)c(OC(C)C)cc1C1CCNCC1. The Morgan fingerprint density at radius 1 is 1.10 bits per heavy atom. The first-order chi connectivity index (χ1) is 18.9. The molecule has 1 atom stereocenters. The summed E-state index contributed by atoms with van der Waals surface area (Å²) in [6.07, 6.45) is 5.23. The Labute approximate surface area is 242 Å². The van der Waals surface area contributed by atoms with E-state index in [4.69, 9.17) is 16.3 Å². The maximum absolute atomic E-state index is 13.3. The first-order valence-corrected chi connectivity index (χ1v) is 15.6. The Morgan fingerprint density at radius 3 is 2.45 bits per heavy atom. The lowest BCUT2D eigenvalue weighted by atomic mass is 9.87. The number of piperidine rings is 1. The number of benzene rings is 1. The summed E-state index contributed by atoms with van der Waals surface area (Å²) in [7, 11) is -2.02. The summed E-state index contributed by atoms with van der Waals surface area (Å²) in [5, 5.41) is 13.6. The van der Waals surface area contributed by atoms with Crippen LogP contribution in [0.2, 0.25) is 5.02 Å². The molecule has 1 fully saturated rings. The lowest BCUT2D eigenvalue weighted by molar-refractivity contribution is 0.243. The van der Waals surface area contributed by atoms with Crippen LogP contribution in [0.15, 0.2) is 29.6 Å². The van der Waals surface area contributed by atoms with Crippen LogP contribution in [-0.4, -0.2) is 52.6 Å². The molecule has 1 unspecified atom stereocenters. The van der Waals surface area contributed by atoms with E-state index in [9.17, 15) is 8.42 Å². The van der Waals surface area contributed by atoms with Crippen molar-refractivity contribution in [3.8, 4) is 5.75 Å². The van der Waals surface area contributed by atoms with Gasteiger partial charge in [-0.05, 0) is 88.7 Å².